The second-order valence-electron chi connectivity index (χ2n) is 4.37. The first kappa shape index (κ1) is 14.5. The first-order valence-electron chi connectivity index (χ1n) is 6.23. The number of nitrogens with two attached hydrogens (primary N) is 2. The van der Waals surface area contributed by atoms with Crippen LogP contribution >= 0.6 is 0 Å². The highest BCUT2D eigenvalue weighted by molar-refractivity contribution is 6.05. The minimum Gasteiger partial charge on any atom is -0.495 e. The quantitative estimate of drug-likeness (QED) is 0.748. The van der Waals surface area contributed by atoms with Crippen LogP contribution in [0.25, 0.3) is 0 Å². The van der Waals surface area contributed by atoms with Gasteiger partial charge in [0.15, 0.2) is 0 Å². The van der Waals surface area contributed by atoms with E-state index >= 15 is 0 Å². The number of hydrogen-bond acceptors (Lipinski definition) is 5. The third-order valence-electron chi connectivity index (χ3n) is 2.97. The largest absolute Gasteiger partial charge is 0.495 e. The summed E-state index contributed by atoms with van der Waals surface area (Å²) in [5.41, 5.74) is 13.4. The van der Waals surface area contributed by atoms with E-state index < -0.39 is 0 Å². The Bertz CT molecular complexity index is 671. The minimum atomic E-state index is -0.295. The third-order valence-corrected chi connectivity index (χ3v) is 2.97. The predicted molar refractivity (Wildman–Crippen MR) is 82.8 cm³/mol. The van der Waals surface area contributed by atoms with Crippen LogP contribution in [0, 0.1) is 0 Å². The highest BCUT2D eigenvalue weighted by Crippen LogP contribution is 2.28. The average Bonchev–Trinajstić information content (AvgIpc) is 2.49. The maximum absolute atomic E-state index is 12.3. The molecule has 2 aromatic carbocycles. The van der Waals surface area contributed by atoms with E-state index in [9.17, 15) is 4.79 Å². The molecule has 0 aliphatic heterocycles. The Kier molecular flexibility index (Phi) is 4.18. The Balaban J connectivity index is 2.26. The second-order valence-corrected chi connectivity index (χ2v) is 4.37. The number of amides is 1. The van der Waals surface area contributed by atoms with Crippen LogP contribution in [0.5, 0.6) is 11.5 Å². The van der Waals surface area contributed by atoms with E-state index in [1.165, 1.54) is 14.2 Å². The van der Waals surface area contributed by atoms with Crippen LogP contribution in [-0.2, 0) is 0 Å². The molecule has 0 bridgehead atoms. The first-order chi connectivity index (χ1) is 10.0. The number of nitrogens with one attached hydrogen (secondary N) is 1. The second kappa shape index (κ2) is 6.04. The summed E-state index contributed by atoms with van der Waals surface area (Å²) in [6, 6.07) is 9.82. The molecule has 0 heterocycles. The molecule has 2 rings (SSSR count). The maximum atomic E-state index is 12.3. The van der Waals surface area contributed by atoms with Crippen molar-refractivity contribution in [1.82, 2.24) is 0 Å². The molecule has 6 heteroatoms. The number of carbonyl (C=O) groups is 1. The third kappa shape index (κ3) is 3.17. The lowest BCUT2D eigenvalue weighted by Gasteiger charge is -2.12. The lowest BCUT2D eigenvalue weighted by Crippen LogP contribution is -2.13. The summed E-state index contributed by atoms with van der Waals surface area (Å²) in [5.74, 6) is 0.647. The lowest BCUT2D eigenvalue weighted by atomic mass is 10.1. The van der Waals surface area contributed by atoms with E-state index in [1.54, 1.807) is 36.4 Å². The molecular formula is C15H17N3O3. The van der Waals surface area contributed by atoms with Crippen LogP contribution in [0.2, 0.25) is 0 Å². The van der Waals surface area contributed by atoms with E-state index in [-0.39, 0.29) is 5.91 Å². The van der Waals surface area contributed by atoms with Gasteiger partial charge in [0.1, 0.15) is 11.5 Å². The molecule has 21 heavy (non-hydrogen) atoms. The van der Waals surface area contributed by atoms with Crippen molar-refractivity contribution in [2.45, 2.75) is 0 Å². The van der Waals surface area contributed by atoms with Gasteiger partial charge in [-0.2, -0.15) is 0 Å². The Morgan fingerprint density at radius 3 is 2.38 bits per heavy atom. The number of hydrogen-bond donors (Lipinski definition) is 3. The molecule has 0 unspecified atom stereocenters. The molecule has 6 nitrogen and oxygen atoms in total. The first-order valence-corrected chi connectivity index (χ1v) is 6.23. The zero-order chi connectivity index (χ0) is 15.4. The van der Waals surface area contributed by atoms with Gasteiger partial charge < -0.3 is 26.3 Å². The number of ether oxygens (including phenoxy) is 2. The molecule has 110 valence electrons. The molecule has 0 radical (unpaired) electrons. The summed E-state index contributed by atoms with van der Waals surface area (Å²) in [4.78, 5) is 12.3. The van der Waals surface area contributed by atoms with Crippen LogP contribution in [-0.4, -0.2) is 20.1 Å². The zero-order valence-corrected chi connectivity index (χ0v) is 11.8. The van der Waals surface area contributed by atoms with Crippen molar-refractivity contribution < 1.29 is 14.3 Å². The van der Waals surface area contributed by atoms with Crippen molar-refractivity contribution >= 4 is 23.0 Å². The van der Waals surface area contributed by atoms with Gasteiger partial charge in [-0.15, -0.1) is 0 Å². The van der Waals surface area contributed by atoms with Gasteiger partial charge in [-0.25, -0.2) is 0 Å². The van der Waals surface area contributed by atoms with Crippen LogP contribution in [0.15, 0.2) is 36.4 Å². The highest BCUT2D eigenvalue weighted by Gasteiger charge is 2.12. The number of nitrogen functional groups attached to an aromatic ring is 2. The number of methoxy groups -OCH3 is 2. The number of rotatable bonds is 4. The fourth-order valence-electron chi connectivity index (χ4n) is 1.86. The van der Waals surface area contributed by atoms with Gasteiger partial charge in [0.25, 0.3) is 5.91 Å². The molecule has 0 atom stereocenters. The van der Waals surface area contributed by atoms with E-state index in [2.05, 4.69) is 5.32 Å². The van der Waals surface area contributed by atoms with Crippen LogP contribution in [0.3, 0.4) is 0 Å². The van der Waals surface area contributed by atoms with Gasteiger partial charge in [0.2, 0.25) is 0 Å². The Morgan fingerprint density at radius 2 is 1.71 bits per heavy atom. The van der Waals surface area contributed by atoms with Gasteiger partial charge >= 0.3 is 0 Å². The molecule has 0 aliphatic carbocycles. The summed E-state index contributed by atoms with van der Waals surface area (Å²) < 4.78 is 10.3. The Hall–Kier alpha value is -2.89. The SMILES string of the molecule is COc1cc(C(=O)Nc2ccc(N)cc2OC)ccc1N. The van der Waals surface area contributed by atoms with E-state index in [1.807, 2.05) is 0 Å². The van der Waals surface area contributed by atoms with Gasteiger partial charge in [0.05, 0.1) is 25.6 Å². The molecule has 0 saturated heterocycles. The summed E-state index contributed by atoms with van der Waals surface area (Å²) >= 11 is 0. The van der Waals surface area contributed by atoms with Crippen molar-refractivity contribution in [2.75, 3.05) is 31.0 Å². The molecule has 0 spiro atoms. The standard InChI is InChI=1S/C15H17N3O3/c1-20-13-7-9(3-5-11(13)17)15(19)18-12-6-4-10(16)8-14(12)21-2/h3-8H,16-17H2,1-2H3,(H,18,19). The summed E-state index contributed by atoms with van der Waals surface area (Å²) in [5, 5.41) is 2.76. The summed E-state index contributed by atoms with van der Waals surface area (Å²) in [7, 11) is 3.01. The van der Waals surface area contributed by atoms with Gasteiger partial charge in [0, 0.05) is 17.3 Å². The molecule has 0 saturated carbocycles. The van der Waals surface area contributed by atoms with Crippen molar-refractivity contribution in [3.63, 3.8) is 0 Å². The fourth-order valence-corrected chi connectivity index (χ4v) is 1.86. The molecule has 0 aromatic heterocycles. The molecule has 0 fully saturated rings. The van der Waals surface area contributed by atoms with Crippen LogP contribution < -0.4 is 26.3 Å². The average molecular weight is 287 g/mol. The number of carbonyl (C=O) groups excluding carboxylic acids is 1. The van der Waals surface area contributed by atoms with Crippen molar-refractivity contribution in [1.29, 1.82) is 0 Å². The summed E-state index contributed by atoms with van der Waals surface area (Å²) in [6.07, 6.45) is 0. The zero-order valence-electron chi connectivity index (χ0n) is 11.8. The monoisotopic (exact) mass is 287 g/mol. The fraction of sp³-hybridized carbons (Fsp3) is 0.133. The number of benzene rings is 2. The van der Waals surface area contributed by atoms with E-state index in [0.717, 1.165) is 0 Å². The number of anilines is 3. The van der Waals surface area contributed by atoms with Crippen molar-refractivity contribution in [3.05, 3.63) is 42.0 Å². The van der Waals surface area contributed by atoms with Gasteiger partial charge in [-0.1, -0.05) is 0 Å². The molecule has 2 aromatic rings. The topological polar surface area (TPSA) is 99.6 Å². The smallest absolute Gasteiger partial charge is 0.255 e. The van der Waals surface area contributed by atoms with E-state index in [4.69, 9.17) is 20.9 Å². The van der Waals surface area contributed by atoms with Crippen molar-refractivity contribution in [3.8, 4) is 11.5 Å². The lowest BCUT2D eigenvalue weighted by molar-refractivity contribution is 0.102. The Morgan fingerprint density at radius 1 is 1.00 bits per heavy atom. The van der Waals surface area contributed by atoms with Crippen LogP contribution in [0.4, 0.5) is 17.1 Å². The highest BCUT2D eigenvalue weighted by atomic mass is 16.5. The molecule has 0 aliphatic rings. The van der Waals surface area contributed by atoms with Crippen molar-refractivity contribution in [2.24, 2.45) is 0 Å². The normalized spacial score (nSPS) is 10.0. The Labute approximate surface area is 122 Å². The predicted octanol–water partition coefficient (Wildman–Crippen LogP) is 2.12. The minimum absolute atomic E-state index is 0.295. The maximum Gasteiger partial charge on any atom is 0.255 e. The molecule has 5 N–H and O–H groups in total. The van der Waals surface area contributed by atoms with Gasteiger partial charge in [-0.3, -0.25) is 4.79 Å². The molecular weight excluding hydrogens is 270 g/mol. The van der Waals surface area contributed by atoms with Gasteiger partial charge in [-0.05, 0) is 30.3 Å². The van der Waals surface area contributed by atoms with E-state index in [0.29, 0.717) is 34.1 Å². The molecule has 1 amide bonds. The summed E-state index contributed by atoms with van der Waals surface area (Å²) in [6.45, 7) is 0. The van der Waals surface area contributed by atoms with Crippen LogP contribution in [0.1, 0.15) is 10.4 Å².